The van der Waals surface area contributed by atoms with Gasteiger partial charge in [0.1, 0.15) is 0 Å². The van der Waals surface area contributed by atoms with Crippen molar-refractivity contribution in [1.82, 2.24) is 4.90 Å². The molecule has 0 bridgehead atoms. The highest BCUT2D eigenvalue weighted by Crippen LogP contribution is 2.35. The summed E-state index contributed by atoms with van der Waals surface area (Å²) in [4.78, 5) is 2.69. The molecular weight excluding hydrogens is 244 g/mol. The van der Waals surface area contributed by atoms with E-state index in [0.717, 1.165) is 5.92 Å². The zero-order chi connectivity index (χ0) is 13.9. The lowest BCUT2D eigenvalue weighted by atomic mass is 9.77. The van der Waals surface area contributed by atoms with E-state index in [2.05, 4.69) is 42.2 Å². The first kappa shape index (κ1) is 14.1. The molecule has 0 radical (unpaired) electrons. The molecule has 1 saturated carbocycles. The summed E-state index contributed by atoms with van der Waals surface area (Å²) in [5, 5.41) is 0. The van der Waals surface area contributed by atoms with Crippen LogP contribution >= 0.6 is 0 Å². The zero-order valence-electron chi connectivity index (χ0n) is 12.7. The summed E-state index contributed by atoms with van der Waals surface area (Å²) >= 11 is 0. The largest absolute Gasteiger partial charge is 0.326 e. The van der Waals surface area contributed by atoms with Crippen LogP contribution in [0.5, 0.6) is 0 Å². The molecule has 1 aromatic carbocycles. The molecule has 20 heavy (non-hydrogen) atoms. The molecule has 2 N–H and O–H groups in total. The predicted octanol–water partition coefficient (Wildman–Crippen LogP) is 3.38. The van der Waals surface area contributed by atoms with Gasteiger partial charge in [0, 0.05) is 18.6 Å². The Hall–Kier alpha value is -0.860. The molecule has 2 nitrogen and oxygen atoms in total. The van der Waals surface area contributed by atoms with Crippen LogP contribution in [-0.4, -0.2) is 30.1 Å². The van der Waals surface area contributed by atoms with Gasteiger partial charge in [-0.2, -0.15) is 0 Å². The Labute approximate surface area is 123 Å². The van der Waals surface area contributed by atoms with Crippen LogP contribution in [0.4, 0.5) is 0 Å². The lowest BCUT2D eigenvalue weighted by molar-refractivity contribution is 0.0846. The van der Waals surface area contributed by atoms with E-state index < -0.39 is 0 Å². The summed E-state index contributed by atoms with van der Waals surface area (Å²) in [5.41, 5.74) is 7.96. The fourth-order valence-corrected chi connectivity index (χ4v) is 4.14. The van der Waals surface area contributed by atoms with Crippen molar-refractivity contribution < 1.29 is 0 Å². The van der Waals surface area contributed by atoms with Gasteiger partial charge in [-0.05, 0) is 56.0 Å². The Bertz CT molecular complexity index is 417. The van der Waals surface area contributed by atoms with Crippen LogP contribution in [0.2, 0.25) is 0 Å². The molecule has 1 heterocycles. The molecule has 110 valence electrons. The summed E-state index contributed by atoms with van der Waals surface area (Å²) in [5.74, 6) is 1.55. The van der Waals surface area contributed by atoms with Crippen molar-refractivity contribution in [3.05, 3.63) is 35.9 Å². The van der Waals surface area contributed by atoms with Crippen molar-refractivity contribution >= 4 is 0 Å². The molecule has 3 rings (SSSR count). The molecule has 1 aliphatic carbocycles. The van der Waals surface area contributed by atoms with Gasteiger partial charge in [-0.15, -0.1) is 0 Å². The van der Waals surface area contributed by atoms with Crippen LogP contribution in [-0.2, 0) is 0 Å². The first-order valence-corrected chi connectivity index (χ1v) is 8.28. The lowest BCUT2D eigenvalue weighted by Crippen LogP contribution is -2.53. The fraction of sp³-hybridized carbons (Fsp3) is 0.667. The van der Waals surface area contributed by atoms with Crippen molar-refractivity contribution in [1.29, 1.82) is 0 Å². The van der Waals surface area contributed by atoms with Crippen LogP contribution in [0.25, 0.3) is 0 Å². The second-order valence-corrected chi connectivity index (χ2v) is 6.89. The van der Waals surface area contributed by atoms with Crippen molar-refractivity contribution in [2.45, 2.75) is 57.0 Å². The van der Waals surface area contributed by atoms with E-state index in [1.807, 2.05) is 0 Å². The SMILES string of the molecule is CC1CCCN(C2CC(c3ccccc3)CCC2N)C1. The predicted molar refractivity (Wildman–Crippen MR) is 84.8 cm³/mol. The highest BCUT2D eigenvalue weighted by Gasteiger charge is 2.34. The third-order valence-electron chi connectivity index (χ3n) is 5.30. The molecule has 2 fully saturated rings. The Kier molecular flexibility index (Phi) is 4.42. The first-order valence-electron chi connectivity index (χ1n) is 8.28. The first-order chi connectivity index (χ1) is 9.74. The second kappa shape index (κ2) is 6.28. The van der Waals surface area contributed by atoms with Gasteiger partial charge in [0.25, 0.3) is 0 Å². The van der Waals surface area contributed by atoms with E-state index in [9.17, 15) is 0 Å². The standard InChI is InChI=1S/C18H28N2/c1-14-6-5-11-20(13-14)18-12-16(9-10-17(18)19)15-7-3-2-4-8-15/h2-4,7-8,14,16-18H,5-6,9-13,19H2,1H3. The third kappa shape index (κ3) is 3.07. The summed E-state index contributed by atoms with van der Waals surface area (Å²) < 4.78 is 0. The van der Waals surface area contributed by atoms with Gasteiger partial charge in [0.2, 0.25) is 0 Å². The Balaban J connectivity index is 1.70. The van der Waals surface area contributed by atoms with E-state index in [1.165, 1.54) is 50.8 Å². The monoisotopic (exact) mass is 272 g/mol. The molecule has 1 aromatic rings. The average molecular weight is 272 g/mol. The number of piperidine rings is 1. The minimum atomic E-state index is 0.375. The van der Waals surface area contributed by atoms with Gasteiger partial charge >= 0.3 is 0 Å². The maximum absolute atomic E-state index is 6.45. The van der Waals surface area contributed by atoms with Gasteiger partial charge in [0.05, 0.1) is 0 Å². The smallest absolute Gasteiger partial charge is 0.0253 e. The molecule has 1 saturated heterocycles. The van der Waals surface area contributed by atoms with E-state index in [-0.39, 0.29) is 0 Å². The number of likely N-dealkylation sites (tertiary alicyclic amines) is 1. The molecule has 0 spiro atoms. The van der Waals surface area contributed by atoms with E-state index in [1.54, 1.807) is 0 Å². The minimum absolute atomic E-state index is 0.375. The maximum Gasteiger partial charge on any atom is 0.0253 e. The summed E-state index contributed by atoms with van der Waals surface area (Å²) in [7, 11) is 0. The van der Waals surface area contributed by atoms with Crippen LogP contribution in [0, 0.1) is 5.92 Å². The number of nitrogens with two attached hydrogens (primary N) is 1. The molecule has 1 aliphatic heterocycles. The van der Waals surface area contributed by atoms with Gasteiger partial charge in [-0.3, -0.25) is 4.90 Å². The average Bonchev–Trinajstić information content (AvgIpc) is 2.48. The molecule has 2 aliphatic rings. The van der Waals surface area contributed by atoms with Crippen LogP contribution in [0.1, 0.15) is 50.5 Å². The van der Waals surface area contributed by atoms with Crippen molar-refractivity contribution in [3.63, 3.8) is 0 Å². The van der Waals surface area contributed by atoms with E-state index >= 15 is 0 Å². The highest BCUT2D eigenvalue weighted by molar-refractivity contribution is 5.21. The lowest BCUT2D eigenvalue weighted by Gasteiger charge is -2.44. The molecular formula is C18H28N2. The van der Waals surface area contributed by atoms with Crippen molar-refractivity contribution in [2.75, 3.05) is 13.1 Å². The molecule has 0 aromatic heterocycles. The molecule has 2 heteroatoms. The third-order valence-corrected chi connectivity index (χ3v) is 5.30. The van der Waals surface area contributed by atoms with Crippen LogP contribution in [0.15, 0.2) is 30.3 Å². The van der Waals surface area contributed by atoms with Crippen molar-refractivity contribution in [3.8, 4) is 0 Å². The Morgan fingerprint density at radius 1 is 1.10 bits per heavy atom. The Morgan fingerprint density at radius 3 is 2.65 bits per heavy atom. The summed E-state index contributed by atoms with van der Waals surface area (Å²) in [6, 6.07) is 12.0. The number of hydrogen-bond donors (Lipinski definition) is 1. The van der Waals surface area contributed by atoms with E-state index in [0.29, 0.717) is 18.0 Å². The normalized spacial score (nSPS) is 35.9. The molecule has 4 unspecified atom stereocenters. The van der Waals surface area contributed by atoms with Crippen LogP contribution in [0.3, 0.4) is 0 Å². The van der Waals surface area contributed by atoms with Gasteiger partial charge in [-0.1, -0.05) is 37.3 Å². The minimum Gasteiger partial charge on any atom is -0.326 e. The molecule has 0 amide bonds. The Morgan fingerprint density at radius 2 is 1.90 bits per heavy atom. The number of hydrogen-bond acceptors (Lipinski definition) is 2. The number of benzene rings is 1. The maximum atomic E-state index is 6.45. The second-order valence-electron chi connectivity index (χ2n) is 6.89. The fourth-order valence-electron chi connectivity index (χ4n) is 4.14. The number of nitrogens with zero attached hydrogens (tertiary/aromatic N) is 1. The van der Waals surface area contributed by atoms with Gasteiger partial charge < -0.3 is 5.73 Å². The molecule has 4 atom stereocenters. The summed E-state index contributed by atoms with van der Waals surface area (Å²) in [6.45, 7) is 4.89. The quantitative estimate of drug-likeness (QED) is 0.894. The van der Waals surface area contributed by atoms with Crippen molar-refractivity contribution in [2.24, 2.45) is 11.7 Å². The number of rotatable bonds is 2. The zero-order valence-corrected chi connectivity index (χ0v) is 12.7. The van der Waals surface area contributed by atoms with Gasteiger partial charge in [0.15, 0.2) is 0 Å². The van der Waals surface area contributed by atoms with Gasteiger partial charge in [-0.25, -0.2) is 0 Å². The summed E-state index contributed by atoms with van der Waals surface area (Å²) in [6.07, 6.45) is 6.42. The topological polar surface area (TPSA) is 29.3 Å². The van der Waals surface area contributed by atoms with Crippen LogP contribution < -0.4 is 5.73 Å². The highest BCUT2D eigenvalue weighted by atomic mass is 15.2. The van der Waals surface area contributed by atoms with E-state index in [4.69, 9.17) is 5.73 Å².